The molecule has 3 aromatic carbocycles. The van der Waals surface area contributed by atoms with Gasteiger partial charge in [-0.25, -0.2) is 0 Å². The molecule has 0 saturated heterocycles. The van der Waals surface area contributed by atoms with Gasteiger partial charge in [0.05, 0.1) is 11.8 Å². The molecule has 0 saturated carbocycles. The van der Waals surface area contributed by atoms with Crippen molar-refractivity contribution >= 4 is 28.3 Å². The van der Waals surface area contributed by atoms with Gasteiger partial charge in [0, 0.05) is 17.5 Å². The van der Waals surface area contributed by atoms with Crippen molar-refractivity contribution in [3.05, 3.63) is 71.8 Å². The predicted octanol–water partition coefficient (Wildman–Crippen LogP) is 3.90. The first-order valence-electron chi connectivity index (χ1n) is 9.39. The minimum atomic E-state index is -0.194. The van der Waals surface area contributed by atoms with Crippen LogP contribution in [0.3, 0.4) is 0 Å². The van der Waals surface area contributed by atoms with Crippen LogP contribution in [0.4, 0.5) is 5.69 Å². The molecule has 0 spiro atoms. The average Bonchev–Trinajstić information content (AvgIpc) is 2.95. The van der Waals surface area contributed by atoms with Crippen molar-refractivity contribution in [2.75, 3.05) is 11.4 Å². The molecule has 0 fully saturated rings. The SMILES string of the molecule is CC(C)Oc1ccc(CNC(=O)CN2C(=O)c3cccc4cccc2c34)cc1. The molecule has 0 aliphatic carbocycles. The molecule has 1 aliphatic rings. The number of benzene rings is 3. The summed E-state index contributed by atoms with van der Waals surface area (Å²) in [6.07, 6.45) is 0.122. The number of rotatable bonds is 6. The number of nitrogens with zero attached hydrogens (tertiary/aromatic N) is 1. The third kappa shape index (κ3) is 3.43. The average molecular weight is 374 g/mol. The summed E-state index contributed by atoms with van der Waals surface area (Å²) in [4.78, 5) is 26.8. The lowest BCUT2D eigenvalue weighted by atomic mass is 10.1. The van der Waals surface area contributed by atoms with Gasteiger partial charge in [0.2, 0.25) is 5.91 Å². The summed E-state index contributed by atoms with van der Waals surface area (Å²) >= 11 is 0. The van der Waals surface area contributed by atoms with Crippen LogP contribution in [0.5, 0.6) is 5.75 Å². The molecule has 0 bridgehead atoms. The van der Waals surface area contributed by atoms with E-state index in [4.69, 9.17) is 4.74 Å². The van der Waals surface area contributed by atoms with Gasteiger partial charge in [0.15, 0.2) is 0 Å². The van der Waals surface area contributed by atoms with E-state index in [1.165, 1.54) is 0 Å². The maximum absolute atomic E-state index is 12.7. The zero-order valence-electron chi connectivity index (χ0n) is 15.9. The first-order valence-corrected chi connectivity index (χ1v) is 9.39. The molecule has 0 aromatic heterocycles. The fraction of sp³-hybridized carbons (Fsp3) is 0.217. The Morgan fingerprint density at radius 1 is 1.04 bits per heavy atom. The van der Waals surface area contributed by atoms with E-state index in [0.717, 1.165) is 27.8 Å². The van der Waals surface area contributed by atoms with Crippen molar-refractivity contribution in [1.29, 1.82) is 0 Å². The van der Waals surface area contributed by atoms with E-state index >= 15 is 0 Å². The Balaban J connectivity index is 1.41. The van der Waals surface area contributed by atoms with Gasteiger partial charge in [0.25, 0.3) is 5.91 Å². The van der Waals surface area contributed by atoms with Crippen molar-refractivity contribution < 1.29 is 14.3 Å². The molecule has 3 aromatic rings. The molecular weight excluding hydrogens is 352 g/mol. The van der Waals surface area contributed by atoms with E-state index in [0.29, 0.717) is 12.1 Å². The second-order valence-corrected chi connectivity index (χ2v) is 7.16. The molecule has 142 valence electrons. The van der Waals surface area contributed by atoms with Gasteiger partial charge in [-0.05, 0) is 49.1 Å². The van der Waals surface area contributed by atoms with E-state index < -0.39 is 0 Å². The van der Waals surface area contributed by atoms with Crippen molar-refractivity contribution in [2.45, 2.75) is 26.5 Å². The number of hydrogen-bond donors (Lipinski definition) is 1. The maximum atomic E-state index is 12.7. The van der Waals surface area contributed by atoms with Crippen LogP contribution in [-0.2, 0) is 11.3 Å². The summed E-state index contributed by atoms with van der Waals surface area (Å²) in [6, 6.07) is 19.1. The summed E-state index contributed by atoms with van der Waals surface area (Å²) < 4.78 is 5.62. The van der Waals surface area contributed by atoms with Gasteiger partial charge >= 0.3 is 0 Å². The van der Waals surface area contributed by atoms with Crippen molar-refractivity contribution in [3.63, 3.8) is 0 Å². The summed E-state index contributed by atoms with van der Waals surface area (Å²) in [7, 11) is 0. The molecule has 0 unspecified atom stereocenters. The molecule has 5 nitrogen and oxygen atoms in total. The predicted molar refractivity (Wildman–Crippen MR) is 110 cm³/mol. The van der Waals surface area contributed by atoms with E-state index in [9.17, 15) is 9.59 Å². The number of amides is 2. The molecule has 4 rings (SSSR count). The Kier molecular flexibility index (Phi) is 4.74. The smallest absolute Gasteiger partial charge is 0.259 e. The third-order valence-corrected chi connectivity index (χ3v) is 4.74. The highest BCUT2D eigenvalue weighted by Crippen LogP contribution is 2.36. The summed E-state index contributed by atoms with van der Waals surface area (Å²) in [5.41, 5.74) is 2.42. The third-order valence-electron chi connectivity index (χ3n) is 4.74. The Hall–Kier alpha value is -3.34. The molecule has 0 atom stereocenters. The molecule has 1 N–H and O–H groups in total. The summed E-state index contributed by atoms with van der Waals surface area (Å²) in [5.74, 6) is 0.483. The minimum absolute atomic E-state index is 0.00116. The highest BCUT2D eigenvalue weighted by Gasteiger charge is 2.30. The molecule has 0 radical (unpaired) electrons. The Morgan fingerprint density at radius 2 is 1.75 bits per heavy atom. The monoisotopic (exact) mass is 374 g/mol. The van der Waals surface area contributed by atoms with Crippen molar-refractivity contribution in [1.82, 2.24) is 5.32 Å². The maximum Gasteiger partial charge on any atom is 0.259 e. The number of hydrogen-bond acceptors (Lipinski definition) is 3. The van der Waals surface area contributed by atoms with Gasteiger partial charge in [-0.2, -0.15) is 0 Å². The van der Waals surface area contributed by atoms with E-state index in [2.05, 4.69) is 5.32 Å². The van der Waals surface area contributed by atoms with Crippen molar-refractivity contribution in [3.8, 4) is 5.75 Å². The van der Waals surface area contributed by atoms with Crippen LogP contribution in [0.15, 0.2) is 60.7 Å². The number of carbonyl (C=O) groups is 2. The van der Waals surface area contributed by atoms with E-state index in [-0.39, 0.29) is 24.5 Å². The molecule has 28 heavy (non-hydrogen) atoms. The Bertz CT molecular complexity index is 1040. The molecule has 2 amide bonds. The zero-order valence-corrected chi connectivity index (χ0v) is 15.9. The fourth-order valence-corrected chi connectivity index (χ4v) is 3.49. The topological polar surface area (TPSA) is 58.6 Å². The Labute approximate surface area is 163 Å². The second-order valence-electron chi connectivity index (χ2n) is 7.16. The van der Waals surface area contributed by atoms with E-state index in [1.54, 1.807) is 4.90 Å². The highest BCUT2D eigenvalue weighted by molar-refractivity contribution is 6.26. The van der Waals surface area contributed by atoms with Crippen LogP contribution in [0, 0.1) is 0 Å². The quantitative estimate of drug-likeness (QED) is 0.712. The van der Waals surface area contributed by atoms with Crippen molar-refractivity contribution in [2.24, 2.45) is 0 Å². The molecule has 5 heteroatoms. The lowest BCUT2D eigenvalue weighted by molar-refractivity contribution is -0.119. The number of nitrogens with one attached hydrogen (secondary N) is 1. The van der Waals surface area contributed by atoms with Crippen LogP contribution < -0.4 is 15.0 Å². The second kappa shape index (κ2) is 7.35. The first kappa shape index (κ1) is 18.0. The van der Waals surface area contributed by atoms with Gasteiger partial charge in [-0.15, -0.1) is 0 Å². The van der Waals surface area contributed by atoms with Crippen LogP contribution in [-0.4, -0.2) is 24.5 Å². The number of ether oxygens (including phenoxy) is 1. The summed E-state index contributed by atoms with van der Waals surface area (Å²) in [5, 5.41) is 4.82. The first-order chi connectivity index (χ1) is 13.5. The molecule has 1 heterocycles. The van der Waals surface area contributed by atoms with Crippen LogP contribution in [0.1, 0.15) is 29.8 Å². The molecule has 1 aliphatic heterocycles. The summed E-state index contributed by atoms with van der Waals surface area (Å²) in [6.45, 7) is 4.36. The highest BCUT2D eigenvalue weighted by atomic mass is 16.5. The van der Waals surface area contributed by atoms with E-state index in [1.807, 2.05) is 74.5 Å². The lowest BCUT2D eigenvalue weighted by Crippen LogP contribution is -2.38. The lowest BCUT2D eigenvalue weighted by Gasteiger charge is -2.17. The van der Waals surface area contributed by atoms with Gasteiger partial charge in [-0.1, -0.05) is 36.4 Å². The van der Waals surface area contributed by atoms with Gasteiger partial charge in [0.1, 0.15) is 12.3 Å². The fourth-order valence-electron chi connectivity index (χ4n) is 3.49. The number of carbonyl (C=O) groups excluding carboxylic acids is 2. The Morgan fingerprint density at radius 3 is 2.46 bits per heavy atom. The van der Waals surface area contributed by atoms with Crippen LogP contribution in [0.25, 0.3) is 10.8 Å². The van der Waals surface area contributed by atoms with Gasteiger partial charge in [-0.3, -0.25) is 14.5 Å². The van der Waals surface area contributed by atoms with Gasteiger partial charge < -0.3 is 10.1 Å². The molecular formula is C23H22N2O3. The minimum Gasteiger partial charge on any atom is -0.491 e. The standard InChI is InChI=1S/C23H22N2O3/c1-15(2)28-18-11-9-16(10-12-18)13-24-21(26)14-25-20-8-4-6-17-5-3-7-19(22(17)20)23(25)27/h3-12,15H,13-14H2,1-2H3,(H,24,26). The number of anilines is 1. The van der Waals surface area contributed by atoms with Crippen LogP contribution in [0.2, 0.25) is 0 Å². The largest absolute Gasteiger partial charge is 0.491 e. The van der Waals surface area contributed by atoms with Crippen LogP contribution >= 0.6 is 0 Å². The normalized spacial score (nSPS) is 12.7. The zero-order chi connectivity index (χ0) is 19.7.